The molecule has 0 unspecified atom stereocenters. The highest BCUT2D eigenvalue weighted by Gasteiger charge is 2.12. The molecule has 1 rings (SSSR count). The zero-order chi connectivity index (χ0) is 14.6. The summed E-state index contributed by atoms with van der Waals surface area (Å²) in [6, 6.07) is 7.24. The number of hydrogen-bond donors (Lipinski definition) is 0. The van der Waals surface area contributed by atoms with Crippen molar-refractivity contribution in [1.82, 2.24) is 0 Å². The topological polar surface area (TPSA) is 36.9 Å². The zero-order valence-corrected chi connectivity index (χ0v) is 13.9. The number of hydrogen-bond acceptors (Lipinski definition) is 4. The molecule has 0 spiro atoms. The molecule has 20 heavy (non-hydrogen) atoms. The highest BCUT2D eigenvalue weighted by Crippen LogP contribution is 2.39. The van der Waals surface area contributed by atoms with Crippen molar-refractivity contribution in [3.63, 3.8) is 0 Å². The Morgan fingerprint density at radius 3 is 2.05 bits per heavy atom. The van der Waals surface area contributed by atoms with Crippen LogP contribution in [0.1, 0.15) is 0 Å². The summed E-state index contributed by atoms with van der Waals surface area (Å²) in [6.07, 6.45) is 0. The summed E-state index contributed by atoms with van der Waals surface area (Å²) in [7, 11) is -1.44. The van der Waals surface area contributed by atoms with Crippen LogP contribution in [0.2, 0.25) is 5.02 Å². The van der Waals surface area contributed by atoms with E-state index >= 15 is 0 Å². The normalized spacial score (nSPS) is 11.0. The van der Waals surface area contributed by atoms with E-state index in [0.29, 0.717) is 49.0 Å². The van der Waals surface area contributed by atoms with Gasteiger partial charge in [-0.25, -0.2) is 0 Å². The lowest BCUT2D eigenvalue weighted by Gasteiger charge is -2.16. The average molecular weight is 362 g/mol. The van der Waals surface area contributed by atoms with Crippen molar-refractivity contribution in [1.29, 1.82) is 0 Å². The fourth-order valence-corrected chi connectivity index (χ4v) is 2.64. The Morgan fingerprint density at radius 1 is 0.850 bits per heavy atom. The summed E-state index contributed by atoms with van der Waals surface area (Å²) in [6.45, 7) is 1.39. The largest absolute Gasteiger partial charge is 0.490 e. The minimum absolute atomic E-state index is 0.321. The van der Waals surface area contributed by atoms with Crippen LogP contribution in [-0.4, -0.2) is 38.2 Å². The monoisotopic (exact) mass is 360 g/mol. The van der Waals surface area contributed by atoms with Crippen molar-refractivity contribution in [2.45, 2.75) is 0 Å². The van der Waals surface area contributed by atoms with Gasteiger partial charge in [0.05, 0.1) is 24.8 Å². The Hall–Kier alpha value is 0.200. The first kappa shape index (κ1) is 18.2. The SMILES string of the molecule is ClCCOP(OCCCl)OCCOc1ccccc1Cl. The van der Waals surface area contributed by atoms with Gasteiger partial charge in [0.15, 0.2) is 0 Å². The summed E-state index contributed by atoms with van der Waals surface area (Å²) in [5.41, 5.74) is 0. The molecule has 0 saturated carbocycles. The summed E-state index contributed by atoms with van der Waals surface area (Å²) in [4.78, 5) is 0. The quantitative estimate of drug-likeness (QED) is 0.331. The molecule has 114 valence electrons. The molecule has 0 saturated heterocycles. The lowest BCUT2D eigenvalue weighted by atomic mass is 10.3. The molecule has 0 heterocycles. The van der Waals surface area contributed by atoms with Gasteiger partial charge in [-0.05, 0) is 12.1 Å². The first-order valence-electron chi connectivity index (χ1n) is 5.96. The first-order valence-corrected chi connectivity index (χ1v) is 8.50. The minimum Gasteiger partial charge on any atom is -0.490 e. The molecule has 0 aliphatic rings. The van der Waals surface area contributed by atoms with E-state index in [1.807, 2.05) is 12.1 Å². The molecule has 0 N–H and O–H groups in total. The minimum atomic E-state index is -1.44. The summed E-state index contributed by atoms with van der Waals surface area (Å²) >= 11 is 17.1. The second-order valence-corrected chi connectivity index (χ2v) is 5.77. The van der Waals surface area contributed by atoms with E-state index in [-0.39, 0.29) is 0 Å². The maximum absolute atomic E-state index is 5.96. The zero-order valence-electron chi connectivity index (χ0n) is 10.8. The number of alkyl halides is 2. The molecule has 1 aromatic carbocycles. The van der Waals surface area contributed by atoms with Crippen LogP contribution in [0.25, 0.3) is 0 Å². The summed E-state index contributed by atoms with van der Waals surface area (Å²) < 4.78 is 21.6. The molecule has 0 aliphatic heterocycles. The fourth-order valence-electron chi connectivity index (χ4n) is 1.16. The van der Waals surface area contributed by atoms with Crippen molar-refractivity contribution in [3.8, 4) is 5.75 Å². The van der Waals surface area contributed by atoms with Gasteiger partial charge in [0.2, 0.25) is 0 Å². The molecular weight excluding hydrogens is 345 g/mol. The van der Waals surface area contributed by atoms with Crippen molar-refractivity contribution in [2.24, 2.45) is 0 Å². The van der Waals surface area contributed by atoms with Gasteiger partial charge in [-0.1, -0.05) is 23.7 Å². The van der Waals surface area contributed by atoms with Crippen LogP contribution in [-0.2, 0) is 13.6 Å². The first-order chi connectivity index (χ1) is 9.77. The molecule has 4 nitrogen and oxygen atoms in total. The second kappa shape index (κ2) is 11.8. The Morgan fingerprint density at radius 2 is 1.45 bits per heavy atom. The third kappa shape index (κ3) is 7.84. The number of para-hydroxylation sites is 1. The predicted molar refractivity (Wildman–Crippen MR) is 83.2 cm³/mol. The van der Waals surface area contributed by atoms with Crippen LogP contribution in [0.4, 0.5) is 0 Å². The van der Waals surface area contributed by atoms with Gasteiger partial charge < -0.3 is 18.3 Å². The van der Waals surface area contributed by atoms with Crippen molar-refractivity contribution in [2.75, 3.05) is 38.2 Å². The van der Waals surface area contributed by atoms with E-state index < -0.39 is 8.60 Å². The third-order valence-corrected chi connectivity index (χ3v) is 3.72. The van der Waals surface area contributed by atoms with Gasteiger partial charge in [-0.15, -0.1) is 23.2 Å². The van der Waals surface area contributed by atoms with Gasteiger partial charge in [0.1, 0.15) is 12.4 Å². The van der Waals surface area contributed by atoms with Gasteiger partial charge >= 0.3 is 8.60 Å². The molecule has 0 bridgehead atoms. The molecule has 0 fully saturated rings. The molecule has 1 aromatic rings. The molecular formula is C12H16Cl3O4P. The number of ether oxygens (including phenoxy) is 1. The maximum atomic E-state index is 5.96. The smallest absolute Gasteiger partial charge is 0.332 e. The standard InChI is InChI=1S/C12H16Cl3O4P/c13-5-7-17-20(18-8-6-14)19-10-9-16-12-4-2-1-3-11(12)15/h1-4H,5-10H2. The van der Waals surface area contributed by atoms with Crippen LogP contribution >= 0.6 is 43.4 Å². The second-order valence-electron chi connectivity index (χ2n) is 3.38. The number of halogens is 3. The van der Waals surface area contributed by atoms with Gasteiger partial charge in [-0.2, -0.15) is 0 Å². The Balaban J connectivity index is 2.23. The van der Waals surface area contributed by atoms with Crippen molar-refractivity contribution < 1.29 is 18.3 Å². The Kier molecular flexibility index (Phi) is 10.8. The molecule has 0 aromatic heterocycles. The molecule has 8 heteroatoms. The van der Waals surface area contributed by atoms with E-state index in [9.17, 15) is 0 Å². The fraction of sp³-hybridized carbons (Fsp3) is 0.500. The van der Waals surface area contributed by atoms with Gasteiger partial charge in [0.25, 0.3) is 0 Å². The molecule has 0 atom stereocenters. The van der Waals surface area contributed by atoms with E-state index in [0.717, 1.165) is 0 Å². The molecule has 0 aliphatic carbocycles. The van der Waals surface area contributed by atoms with Crippen LogP contribution in [0.3, 0.4) is 0 Å². The van der Waals surface area contributed by atoms with E-state index in [1.165, 1.54) is 0 Å². The average Bonchev–Trinajstić information content (AvgIpc) is 2.47. The highest BCUT2D eigenvalue weighted by atomic mass is 35.5. The lowest BCUT2D eigenvalue weighted by Crippen LogP contribution is -2.07. The van der Waals surface area contributed by atoms with E-state index in [2.05, 4.69) is 0 Å². The van der Waals surface area contributed by atoms with Gasteiger partial charge in [-0.3, -0.25) is 0 Å². The Labute approximate surface area is 135 Å². The van der Waals surface area contributed by atoms with Crippen LogP contribution in [0, 0.1) is 0 Å². The molecule has 0 radical (unpaired) electrons. The number of rotatable bonds is 11. The number of benzene rings is 1. The lowest BCUT2D eigenvalue weighted by molar-refractivity contribution is 0.148. The third-order valence-electron chi connectivity index (χ3n) is 1.92. The van der Waals surface area contributed by atoms with Crippen LogP contribution in [0.15, 0.2) is 24.3 Å². The molecule has 0 amide bonds. The predicted octanol–water partition coefficient (Wildman–Crippen LogP) is 4.47. The van der Waals surface area contributed by atoms with E-state index in [1.54, 1.807) is 12.1 Å². The van der Waals surface area contributed by atoms with Crippen molar-refractivity contribution in [3.05, 3.63) is 29.3 Å². The van der Waals surface area contributed by atoms with E-state index in [4.69, 9.17) is 53.1 Å². The highest BCUT2D eigenvalue weighted by molar-refractivity contribution is 7.41. The summed E-state index contributed by atoms with van der Waals surface area (Å²) in [5.74, 6) is 1.37. The van der Waals surface area contributed by atoms with Gasteiger partial charge in [0, 0.05) is 11.8 Å². The Bertz CT molecular complexity index is 362. The van der Waals surface area contributed by atoms with Crippen LogP contribution < -0.4 is 4.74 Å². The summed E-state index contributed by atoms with van der Waals surface area (Å²) in [5, 5.41) is 0.562. The van der Waals surface area contributed by atoms with Crippen molar-refractivity contribution >= 4 is 43.4 Å². The van der Waals surface area contributed by atoms with Crippen LogP contribution in [0.5, 0.6) is 5.75 Å². The maximum Gasteiger partial charge on any atom is 0.332 e.